The van der Waals surface area contributed by atoms with Crippen molar-refractivity contribution in [3.05, 3.63) is 70.4 Å². The standard InChI is InChI=1S/C29H33N3O2/c1-18-16-20(29(33)34)13-14-21(18)26(19-8-3-2-4-9-19)22-10-5-6-15-32-17-25(28(30)31)24-12-7-11-23(22)27(24)32/h7,11-14,16-17,19H,2-6,8-10,15H2,1H3,(H3,30,31)(H,33,34)/b26-22+. The summed E-state index contributed by atoms with van der Waals surface area (Å²) in [7, 11) is 0. The minimum absolute atomic E-state index is 0.110. The Morgan fingerprint density at radius 1 is 1.06 bits per heavy atom. The number of carboxylic acids is 1. The zero-order valence-corrected chi connectivity index (χ0v) is 19.9. The van der Waals surface area contributed by atoms with Gasteiger partial charge in [0.2, 0.25) is 0 Å². The van der Waals surface area contributed by atoms with Gasteiger partial charge in [-0.25, -0.2) is 4.79 Å². The number of nitrogen functional groups attached to an aromatic ring is 1. The van der Waals surface area contributed by atoms with Gasteiger partial charge in [0, 0.05) is 29.3 Å². The molecule has 2 heterocycles. The van der Waals surface area contributed by atoms with Crippen LogP contribution in [0.15, 0.2) is 42.6 Å². The molecule has 34 heavy (non-hydrogen) atoms. The van der Waals surface area contributed by atoms with Gasteiger partial charge in [0.15, 0.2) is 0 Å². The van der Waals surface area contributed by atoms with Crippen LogP contribution in [0.4, 0.5) is 0 Å². The molecule has 1 aliphatic heterocycles. The first-order valence-electron chi connectivity index (χ1n) is 12.5. The van der Waals surface area contributed by atoms with Crippen molar-refractivity contribution in [2.24, 2.45) is 11.7 Å². The highest BCUT2D eigenvalue weighted by Gasteiger charge is 2.27. The van der Waals surface area contributed by atoms with Crippen molar-refractivity contribution < 1.29 is 9.90 Å². The van der Waals surface area contributed by atoms with E-state index in [9.17, 15) is 9.90 Å². The minimum Gasteiger partial charge on any atom is -0.478 e. The van der Waals surface area contributed by atoms with Crippen LogP contribution in [0.25, 0.3) is 22.0 Å². The van der Waals surface area contributed by atoms with Crippen molar-refractivity contribution in [3.63, 3.8) is 0 Å². The molecule has 1 aliphatic carbocycles. The Hall–Kier alpha value is -3.34. The van der Waals surface area contributed by atoms with Gasteiger partial charge in [0.25, 0.3) is 0 Å². The molecule has 5 rings (SSSR count). The van der Waals surface area contributed by atoms with Crippen LogP contribution in [0.5, 0.6) is 0 Å². The third-order valence-corrected chi connectivity index (χ3v) is 7.69. The third kappa shape index (κ3) is 3.93. The van der Waals surface area contributed by atoms with Crippen LogP contribution in [0.3, 0.4) is 0 Å². The third-order valence-electron chi connectivity index (χ3n) is 7.69. The molecule has 0 atom stereocenters. The molecule has 4 N–H and O–H groups in total. The number of carboxylic acid groups (broad SMARTS) is 1. The van der Waals surface area contributed by atoms with Gasteiger partial charge in [-0.05, 0) is 79.4 Å². The minimum atomic E-state index is -0.883. The van der Waals surface area contributed by atoms with Crippen molar-refractivity contribution in [2.75, 3.05) is 0 Å². The van der Waals surface area contributed by atoms with Gasteiger partial charge in [-0.2, -0.15) is 0 Å². The number of hydrogen-bond acceptors (Lipinski definition) is 2. The van der Waals surface area contributed by atoms with Crippen molar-refractivity contribution in [2.45, 2.75) is 64.8 Å². The molecule has 2 aliphatic rings. The fourth-order valence-corrected chi connectivity index (χ4v) is 6.11. The lowest BCUT2D eigenvalue weighted by molar-refractivity contribution is 0.0696. The Balaban J connectivity index is 1.81. The number of benzene rings is 2. The Kier molecular flexibility index (Phi) is 6.03. The largest absolute Gasteiger partial charge is 0.478 e. The van der Waals surface area contributed by atoms with E-state index < -0.39 is 5.97 Å². The van der Waals surface area contributed by atoms with E-state index in [0.717, 1.165) is 42.3 Å². The lowest BCUT2D eigenvalue weighted by Gasteiger charge is -2.30. The molecule has 0 saturated heterocycles. The average Bonchev–Trinajstić information content (AvgIpc) is 3.20. The highest BCUT2D eigenvalue weighted by Crippen LogP contribution is 2.45. The first kappa shape index (κ1) is 22.5. The molecule has 0 amide bonds. The van der Waals surface area contributed by atoms with E-state index in [2.05, 4.69) is 22.8 Å². The van der Waals surface area contributed by atoms with E-state index in [0.29, 0.717) is 11.5 Å². The van der Waals surface area contributed by atoms with Crippen molar-refractivity contribution in [3.8, 4) is 0 Å². The number of allylic oxidation sites excluding steroid dienone is 2. The van der Waals surface area contributed by atoms with Crippen LogP contribution in [0.1, 0.15) is 84.0 Å². The first-order valence-corrected chi connectivity index (χ1v) is 12.5. The summed E-state index contributed by atoms with van der Waals surface area (Å²) >= 11 is 0. The maximum absolute atomic E-state index is 11.6. The summed E-state index contributed by atoms with van der Waals surface area (Å²) < 4.78 is 2.29. The molecule has 0 radical (unpaired) electrons. The SMILES string of the molecule is Cc1cc(C(=O)O)ccc1/C(=C1\CCCCn2cc(C(=N)N)c3cccc1c32)C1CCCCC1. The highest BCUT2D eigenvalue weighted by molar-refractivity contribution is 6.11. The molecule has 176 valence electrons. The highest BCUT2D eigenvalue weighted by atomic mass is 16.4. The zero-order chi connectivity index (χ0) is 23.8. The molecule has 0 unspecified atom stereocenters. The maximum Gasteiger partial charge on any atom is 0.335 e. The molecule has 3 aromatic rings. The van der Waals surface area contributed by atoms with Crippen LogP contribution in [0, 0.1) is 18.3 Å². The normalized spacial score (nSPS) is 18.4. The molecule has 5 heteroatoms. The second-order valence-corrected chi connectivity index (χ2v) is 9.87. The fourth-order valence-electron chi connectivity index (χ4n) is 6.11. The smallest absolute Gasteiger partial charge is 0.335 e. The fraction of sp³-hybridized carbons (Fsp3) is 0.379. The average molecular weight is 456 g/mol. The predicted octanol–water partition coefficient (Wildman–Crippen LogP) is 6.61. The van der Waals surface area contributed by atoms with Crippen LogP contribution < -0.4 is 5.73 Å². The van der Waals surface area contributed by atoms with Gasteiger partial charge < -0.3 is 15.4 Å². The Labute approximate surface area is 200 Å². The zero-order valence-electron chi connectivity index (χ0n) is 19.9. The van der Waals surface area contributed by atoms with Gasteiger partial charge in [-0.3, -0.25) is 5.41 Å². The number of aromatic nitrogens is 1. The first-order chi connectivity index (χ1) is 16.5. The predicted molar refractivity (Wildman–Crippen MR) is 138 cm³/mol. The number of nitrogens with one attached hydrogen (secondary N) is 1. The summed E-state index contributed by atoms with van der Waals surface area (Å²) in [5.74, 6) is -0.298. The van der Waals surface area contributed by atoms with Crippen molar-refractivity contribution in [1.82, 2.24) is 4.57 Å². The lowest BCUT2D eigenvalue weighted by atomic mass is 9.75. The summed E-state index contributed by atoms with van der Waals surface area (Å²) in [6.45, 7) is 2.98. The number of amidine groups is 1. The summed E-state index contributed by atoms with van der Waals surface area (Å²) in [4.78, 5) is 11.6. The number of carbonyl (C=O) groups is 1. The van der Waals surface area contributed by atoms with Crippen molar-refractivity contribution >= 4 is 33.9 Å². The number of aromatic carboxylic acids is 1. The van der Waals surface area contributed by atoms with Gasteiger partial charge in [-0.1, -0.05) is 43.5 Å². The summed E-state index contributed by atoms with van der Waals surface area (Å²) in [6.07, 6.45) is 11.3. The van der Waals surface area contributed by atoms with Crippen LogP contribution >= 0.6 is 0 Å². The topological polar surface area (TPSA) is 92.1 Å². The van der Waals surface area contributed by atoms with E-state index in [1.807, 2.05) is 25.3 Å². The number of hydrogen-bond donors (Lipinski definition) is 3. The van der Waals surface area contributed by atoms with E-state index in [1.165, 1.54) is 59.9 Å². The molecule has 0 bridgehead atoms. The van der Waals surface area contributed by atoms with Gasteiger partial charge in [-0.15, -0.1) is 0 Å². The summed E-state index contributed by atoms with van der Waals surface area (Å²) in [5, 5.41) is 18.7. The lowest BCUT2D eigenvalue weighted by Crippen LogP contribution is -2.13. The van der Waals surface area contributed by atoms with Gasteiger partial charge in [0.1, 0.15) is 5.84 Å². The second kappa shape index (κ2) is 9.13. The second-order valence-electron chi connectivity index (χ2n) is 9.87. The number of rotatable bonds is 4. The Morgan fingerprint density at radius 2 is 1.85 bits per heavy atom. The van der Waals surface area contributed by atoms with Crippen molar-refractivity contribution in [1.29, 1.82) is 5.41 Å². The van der Waals surface area contributed by atoms with E-state index >= 15 is 0 Å². The molecule has 1 fully saturated rings. The quantitative estimate of drug-likeness (QED) is 0.305. The molecular formula is C29H33N3O2. The summed E-state index contributed by atoms with van der Waals surface area (Å²) in [5.41, 5.74) is 14.5. The van der Waals surface area contributed by atoms with Crippen LogP contribution in [-0.2, 0) is 6.54 Å². The molecule has 0 spiro atoms. The molecule has 5 nitrogen and oxygen atoms in total. The Bertz CT molecular complexity index is 1310. The molecule has 1 saturated carbocycles. The number of nitrogens with zero attached hydrogens (tertiary/aromatic N) is 1. The van der Waals surface area contributed by atoms with E-state index in [1.54, 1.807) is 6.07 Å². The maximum atomic E-state index is 11.6. The summed E-state index contributed by atoms with van der Waals surface area (Å²) in [6, 6.07) is 12.0. The number of aryl methyl sites for hydroxylation is 2. The number of para-hydroxylation sites is 1. The monoisotopic (exact) mass is 455 g/mol. The van der Waals surface area contributed by atoms with Gasteiger partial charge >= 0.3 is 5.97 Å². The van der Waals surface area contributed by atoms with E-state index in [-0.39, 0.29) is 5.84 Å². The van der Waals surface area contributed by atoms with Gasteiger partial charge in [0.05, 0.1) is 11.1 Å². The van der Waals surface area contributed by atoms with E-state index in [4.69, 9.17) is 11.1 Å². The van der Waals surface area contributed by atoms with Crippen LogP contribution in [0.2, 0.25) is 0 Å². The molecule has 1 aromatic heterocycles. The number of nitrogens with two attached hydrogens (primary N) is 1. The Morgan fingerprint density at radius 3 is 2.56 bits per heavy atom. The molecule has 2 aromatic carbocycles. The van der Waals surface area contributed by atoms with Crippen LogP contribution in [-0.4, -0.2) is 21.5 Å². The molecular weight excluding hydrogens is 422 g/mol.